The molecule has 1 atom stereocenters. The predicted molar refractivity (Wildman–Crippen MR) is 65.7 cm³/mol. The molecule has 1 rings (SSSR count). The second-order valence-electron chi connectivity index (χ2n) is 4.96. The summed E-state index contributed by atoms with van der Waals surface area (Å²) in [6, 6.07) is 2.06. The molecule has 15 heavy (non-hydrogen) atoms. The SMILES string of the molecule is CC(C)(C)C(CO)Cc1cncc(Br)c1. The number of hydrogen-bond acceptors (Lipinski definition) is 2. The number of rotatable bonds is 3. The van der Waals surface area contributed by atoms with Gasteiger partial charge in [0.2, 0.25) is 0 Å². The fourth-order valence-electron chi connectivity index (χ4n) is 1.50. The molecule has 0 spiro atoms. The van der Waals surface area contributed by atoms with Crippen molar-refractivity contribution in [1.82, 2.24) is 4.98 Å². The molecule has 1 heterocycles. The van der Waals surface area contributed by atoms with Crippen LogP contribution in [0.15, 0.2) is 22.9 Å². The average Bonchev–Trinajstić information content (AvgIpc) is 2.12. The molecule has 1 aromatic heterocycles. The molecule has 1 aromatic rings. The minimum absolute atomic E-state index is 0.122. The fraction of sp³-hybridized carbons (Fsp3) is 0.583. The zero-order valence-electron chi connectivity index (χ0n) is 9.50. The van der Waals surface area contributed by atoms with Crippen LogP contribution in [-0.2, 0) is 6.42 Å². The second kappa shape index (κ2) is 5.08. The molecule has 3 heteroatoms. The second-order valence-corrected chi connectivity index (χ2v) is 5.88. The summed E-state index contributed by atoms with van der Waals surface area (Å²) in [5.41, 5.74) is 1.29. The Morgan fingerprint density at radius 3 is 2.53 bits per heavy atom. The number of nitrogens with zero attached hydrogens (tertiary/aromatic N) is 1. The number of pyridine rings is 1. The van der Waals surface area contributed by atoms with Gasteiger partial charge in [-0.3, -0.25) is 4.98 Å². The topological polar surface area (TPSA) is 33.1 Å². The van der Waals surface area contributed by atoms with Crippen LogP contribution in [0.4, 0.5) is 0 Å². The molecule has 0 amide bonds. The van der Waals surface area contributed by atoms with Gasteiger partial charge in [0.05, 0.1) is 0 Å². The number of halogens is 1. The summed E-state index contributed by atoms with van der Waals surface area (Å²) in [6.07, 6.45) is 4.50. The van der Waals surface area contributed by atoms with Crippen LogP contribution in [0.2, 0.25) is 0 Å². The van der Waals surface area contributed by atoms with Crippen molar-refractivity contribution in [3.8, 4) is 0 Å². The summed E-state index contributed by atoms with van der Waals surface area (Å²) < 4.78 is 0.991. The van der Waals surface area contributed by atoms with E-state index >= 15 is 0 Å². The van der Waals surface area contributed by atoms with Crippen molar-refractivity contribution in [2.45, 2.75) is 27.2 Å². The largest absolute Gasteiger partial charge is 0.396 e. The van der Waals surface area contributed by atoms with Crippen LogP contribution in [0.25, 0.3) is 0 Å². The Hall–Kier alpha value is -0.410. The lowest BCUT2D eigenvalue weighted by Gasteiger charge is -2.29. The van der Waals surface area contributed by atoms with E-state index in [1.54, 1.807) is 6.20 Å². The molecule has 0 radical (unpaired) electrons. The molecule has 2 nitrogen and oxygen atoms in total. The molecule has 0 saturated carbocycles. The monoisotopic (exact) mass is 271 g/mol. The Labute approximate surface area is 99.9 Å². The minimum Gasteiger partial charge on any atom is -0.396 e. The maximum absolute atomic E-state index is 9.36. The van der Waals surface area contributed by atoms with Crippen molar-refractivity contribution in [1.29, 1.82) is 0 Å². The standard InChI is InChI=1S/C12H18BrNO/c1-12(2,3)10(8-15)4-9-5-11(13)7-14-6-9/h5-7,10,15H,4,8H2,1-3H3. The summed E-state index contributed by atoms with van der Waals surface area (Å²) >= 11 is 3.40. The third-order valence-corrected chi connectivity index (χ3v) is 3.12. The highest BCUT2D eigenvalue weighted by Gasteiger charge is 2.24. The van der Waals surface area contributed by atoms with Gasteiger partial charge in [0.25, 0.3) is 0 Å². The lowest BCUT2D eigenvalue weighted by atomic mass is 9.78. The van der Waals surface area contributed by atoms with E-state index in [0.717, 1.165) is 10.9 Å². The molecule has 0 saturated heterocycles. The van der Waals surface area contributed by atoms with Crippen LogP contribution in [0, 0.1) is 11.3 Å². The van der Waals surface area contributed by atoms with E-state index < -0.39 is 0 Å². The highest BCUT2D eigenvalue weighted by atomic mass is 79.9. The zero-order chi connectivity index (χ0) is 11.5. The van der Waals surface area contributed by atoms with Crippen LogP contribution < -0.4 is 0 Å². The first-order valence-electron chi connectivity index (χ1n) is 5.14. The van der Waals surface area contributed by atoms with Crippen LogP contribution in [0.1, 0.15) is 26.3 Å². The van der Waals surface area contributed by atoms with Gasteiger partial charge in [-0.25, -0.2) is 0 Å². The Bertz CT molecular complexity index is 320. The Morgan fingerprint density at radius 2 is 2.07 bits per heavy atom. The highest BCUT2D eigenvalue weighted by molar-refractivity contribution is 9.10. The first-order chi connectivity index (χ1) is 6.93. The molecular formula is C12H18BrNO. The highest BCUT2D eigenvalue weighted by Crippen LogP contribution is 2.28. The van der Waals surface area contributed by atoms with Gasteiger partial charge in [0.15, 0.2) is 0 Å². The van der Waals surface area contributed by atoms with Crippen LogP contribution >= 0.6 is 15.9 Å². The van der Waals surface area contributed by atoms with E-state index in [1.807, 2.05) is 6.20 Å². The van der Waals surface area contributed by atoms with Crippen LogP contribution in [-0.4, -0.2) is 16.7 Å². The van der Waals surface area contributed by atoms with Crippen LogP contribution in [0.3, 0.4) is 0 Å². The molecule has 0 aliphatic heterocycles. The third kappa shape index (κ3) is 3.92. The molecule has 1 unspecified atom stereocenters. The van der Waals surface area contributed by atoms with E-state index in [4.69, 9.17) is 0 Å². The molecule has 0 aliphatic rings. The molecule has 0 aliphatic carbocycles. The fourth-order valence-corrected chi connectivity index (χ4v) is 1.91. The van der Waals surface area contributed by atoms with Gasteiger partial charge < -0.3 is 5.11 Å². The Balaban J connectivity index is 2.76. The van der Waals surface area contributed by atoms with Crippen molar-refractivity contribution in [2.24, 2.45) is 11.3 Å². The van der Waals surface area contributed by atoms with E-state index in [-0.39, 0.29) is 17.9 Å². The van der Waals surface area contributed by atoms with E-state index in [1.165, 1.54) is 5.56 Å². The van der Waals surface area contributed by atoms with Gasteiger partial charge in [-0.2, -0.15) is 0 Å². The summed E-state index contributed by atoms with van der Waals surface area (Å²) in [4.78, 5) is 4.13. The first-order valence-corrected chi connectivity index (χ1v) is 5.93. The third-order valence-electron chi connectivity index (χ3n) is 2.69. The lowest BCUT2D eigenvalue weighted by molar-refractivity contribution is 0.131. The lowest BCUT2D eigenvalue weighted by Crippen LogP contribution is -2.26. The molecule has 0 fully saturated rings. The normalized spacial score (nSPS) is 13.9. The number of aromatic nitrogens is 1. The summed E-state index contributed by atoms with van der Waals surface area (Å²) in [5.74, 6) is 0.272. The Morgan fingerprint density at radius 1 is 1.40 bits per heavy atom. The first kappa shape index (κ1) is 12.7. The maximum atomic E-state index is 9.36. The summed E-state index contributed by atoms with van der Waals surface area (Å²) in [6.45, 7) is 6.67. The van der Waals surface area contributed by atoms with Gasteiger partial charge in [-0.15, -0.1) is 0 Å². The maximum Gasteiger partial charge on any atom is 0.0467 e. The van der Waals surface area contributed by atoms with Gasteiger partial charge in [-0.05, 0) is 45.3 Å². The van der Waals surface area contributed by atoms with Crippen molar-refractivity contribution < 1.29 is 5.11 Å². The van der Waals surface area contributed by atoms with E-state index in [0.29, 0.717) is 0 Å². The number of hydrogen-bond donors (Lipinski definition) is 1. The van der Waals surface area contributed by atoms with Crippen molar-refractivity contribution >= 4 is 15.9 Å². The number of aliphatic hydroxyl groups is 1. The van der Waals surface area contributed by atoms with Crippen molar-refractivity contribution in [3.05, 3.63) is 28.5 Å². The predicted octanol–water partition coefficient (Wildman–Crippen LogP) is 3.04. The van der Waals surface area contributed by atoms with Gasteiger partial charge in [0.1, 0.15) is 0 Å². The summed E-state index contributed by atoms with van der Waals surface area (Å²) in [7, 11) is 0. The van der Waals surface area contributed by atoms with Gasteiger partial charge in [0, 0.05) is 23.5 Å². The van der Waals surface area contributed by atoms with Crippen molar-refractivity contribution in [3.63, 3.8) is 0 Å². The van der Waals surface area contributed by atoms with Gasteiger partial charge >= 0.3 is 0 Å². The zero-order valence-corrected chi connectivity index (χ0v) is 11.1. The van der Waals surface area contributed by atoms with Crippen LogP contribution in [0.5, 0.6) is 0 Å². The van der Waals surface area contributed by atoms with Crippen molar-refractivity contribution in [2.75, 3.05) is 6.61 Å². The molecule has 1 N–H and O–H groups in total. The van der Waals surface area contributed by atoms with E-state index in [2.05, 4.69) is 47.8 Å². The average molecular weight is 272 g/mol. The number of aliphatic hydroxyl groups excluding tert-OH is 1. The van der Waals surface area contributed by atoms with E-state index in [9.17, 15) is 5.11 Å². The minimum atomic E-state index is 0.122. The molecule has 0 aromatic carbocycles. The van der Waals surface area contributed by atoms with Gasteiger partial charge in [-0.1, -0.05) is 20.8 Å². The quantitative estimate of drug-likeness (QED) is 0.917. The Kier molecular flexibility index (Phi) is 4.29. The molecule has 0 bridgehead atoms. The summed E-state index contributed by atoms with van der Waals surface area (Å²) in [5, 5.41) is 9.36. The molecule has 84 valence electrons. The smallest absolute Gasteiger partial charge is 0.0467 e. The molecular weight excluding hydrogens is 254 g/mol.